The van der Waals surface area contributed by atoms with E-state index in [1.165, 1.54) is 0 Å². The molecule has 6 heteroatoms. The summed E-state index contributed by atoms with van der Waals surface area (Å²) in [6.45, 7) is 6.82. The van der Waals surface area contributed by atoms with Crippen LogP contribution in [0.15, 0.2) is 0 Å². The second-order valence-electron chi connectivity index (χ2n) is 6.22. The Morgan fingerprint density at radius 2 is 1.84 bits per heavy atom. The number of carbonyl (C=O) groups is 3. The molecule has 0 saturated carbocycles. The van der Waals surface area contributed by atoms with Gasteiger partial charge in [0.15, 0.2) is 0 Å². The van der Waals surface area contributed by atoms with Crippen LogP contribution in [0.2, 0.25) is 0 Å². The SMILES string of the molecule is CCC1(C(=O)O)CC[N+](C(=O)O)(C(C)(C)C)CC1=O. The molecule has 2 atom stereocenters. The van der Waals surface area contributed by atoms with Crippen molar-refractivity contribution in [1.82, 2.24) is 0 Å². The number of nitrogens with zero attached hydrogens (tertiary/aromatic N) is 1. The highest BCUT2D eigenvalue weighted by atomic mass is 16.4. The number of carbonyl (C=O) groups excluding carboxylic acids is 1. The van der Waals surface area contributed by atoms with Gasteiger partial charge in [-0.25, -0.2) is 4.48 Å². The molecule has 1 aliphatic rings. The van der Waals surface area contributed by atoms with Crippen molar-refractivity contribution in [2.45, 2.75) is 46.1 Å². The van der Waals surface area contributed by atoms with Crippen molar-refractivity contribution in [3.63, 3.8) is 0 Å². The van der Waals surface area contributed by atoms with Crippen molar-refractivity contribution in [3.05, 3.63) is 0 Å². The van der Waals surface area contributed by atoms with Crippen molar-refractivity contribution < 1.29 is 29.1 Å². The zero-order valence-corrected chi connectivity index (χ0v) is 11.9. The summed E-state index contributed by atoms with van der Waals surface area (Å²) in [6.07, 6.45) is -0.803. The third kappa shape index (κ3) is 2.14. The molecule has 1 heterocycles. The molecule has 0 bridgehead atoms. The van der Waals surface area contributed by atoms with E-state index >= 15 is 0 Å². The van der Waals surface area contributed by atoms with Gasteiger partial charge in [0.2, 0.25) is 5.78 Å². The summed E-state index contributed by atoms with van der Waals surface area (Å²) in [6, 6.07) is 0. The van der Waals surface area contributed by atoms with E-state index in [1.54, 1.807) is 27.7 Å². The molecule has 0 aromatic carbocycles. The number of carboxylic acids is 1. The first-order valence-electron chi connectivity index (χ1n) is 6.41. The van der Waals surface area contributed by atoms with Crippen LogP contribution in [0, 0.1) is 5.41 Å². The van der Waals surface area contributed by atoms with Crippen molar-refractivity contribution in [3.8, 4) is 0 Å². The third-order valence-electron chi connectivity index (χ3n) is 4.53. The van der Waals surface area contributed by atoms with Crippen LogP contribution in [-0.4, -0.2) is 51.2 Å². The van der Waals surface area contributed by atoms with Gasteiger partial charge in [0.05, 0.1) is 6.54 Å². The van der Waals surface area contributed by atoms with Crippen molar-refractivity contribution in [2.24, 2.45) is 5.41 Å². The minimum atomic E-state index is -1.41. The zero-order chi connectivity index (χ0) is 15.1. The van der Waals surface area contributed by atoms with E-state index in [0.717, 1.165) is 0 Å². The number of amides is 1. The fourth-order valence-electron chi connectivity index (χ4n) is 2.77. The van der Waals surface area contributed by atoms with Gasteiger partial charge in [-0.3, -0.25) is 9.59 Å². The molecule has 0 aromatic rings. The second-order valence-corrected chi connectivity index (χ2v) is 6.22. The normalized spacial score (nSPS) is 32.1. The van der Waals surface area contributed by atoms with Gasteiger partial charge >= 0.3 is 12.1 Å². The lowest BCUT2D eigenvalue weighted by molar-refractivity contribution is -0.899. The molecule has 1 fully saturated rings. The number of ketones is 1. The first kappa shape index (κ1) is 15.6. The van der Waals surface area contributed by atoms with Crippen LogP contribution >= 0.6 is 0 Å². The van der Waals surface area contributed by atoms with Crippen LogP contribution in [0.3, 0.4) is 0 Å². The minimum Gasteiger partial charge on any atom is -0.480 e. The largest absolute Gasteiger partial charge is 0.514 e. The summed E-state index contributed by atoms with van der Waals surface area (Å²) in [5, 5.41) is 18.8. The van der Waals surface area contributed by atoms with E-state index in [9.17, 15) is 24.6 Å². The van der Waals surface area contributed by atoms with Gasteiger partial charge in [-0.1, -0.05) is 6.92 Å². The quantitative estimate of drug-likeness (QED) is 0.590. The number of piperidine rings is 1. The second kappa shape index (κ2) is 4.59. The summed E-state index contributed by atoms with van der Waals surface area (Å²) >= 11 is 0. The van der Waals surface area contributed by atoms with E-state index in [-0.39, 0.29) is 25.9 Å². The summed E-state index contributed by atoms with van der Waals surface area (Å²) in [4.78, 5) is 35.3. The first-order chi connectivity index (χ1) is 8.53. The van der Waals surface area contributed by atoms with Gasteiger partial charge in [-0.15, -0.1) is 0 Å². The molecule has 2 unspecified atom stereocenters. The van der Waals surface area contributed by atoms with Crippen LogP contribution in [-0.2, 0) is 9.59 Å². The van der Waals surface area contributed by atoms with Gasteiger partial charge in [0, 0.05) is 6.42 Å². The van der Waals surface area contributed by atoms with Gasteiger partial charge in [-0.05, 0) is 27.2 Å². The smallest absolute Gasteiger partial charge is 0.480 e. The summed E-state index contributed by atoms with van der Waals surface area (Å²) in [5.41, 5.74) is -2.07. The maximum Gasteiger partial charge on any atom is 0.514 e. The standard InChI is InChI=1S/C13H21NO5/c1-5-13(10(16)17)6-7-14(11(18)19,8-9(13)15)12(2,3)4/h5-8H2,1-4H3,(H-,16,17,18,19)/p+1. The number of Topliss-reactive ketones (excluding diaryl/α,β-unsaturated/α-hetero) is 1. The number of rotatable bonds is 2. The third-order valence-corrected chi connectivity index (χ3v) is 4.53. The Hall–Kier alpha value is -1.43. The highest BCUT2D eigenvalue weighted by molar-refractivity contribution is 6.04. The average molecular weight is 272 g/mol. The molecule has 1 rings (SSSR count). The molecule has 1 saturated heterocycles. The van der Waals surface area contributed by atoms with E-state index in [1.807, 2.05) is 0 Å². The molecule has 1 amide bonds. The van der Waals surface area contributed by atoms with Gasteiger partial charge in [0.1, 0.15) is 17.5 Å². The van der Waals surface area contributed by atoms with Crippen molar-refractivity contribution in [1.29, 1.82) is 0 Å². The Morgan fingerprint density at radius 3 is 2.11 bits per heavy atom. The number of hydrogen-bond donors (Lipinski definition) is 2. The molecule has 0 aromatic heterocycles. The van der Waals surface area contributed by atoms with Crippen LogP contribution in [0.5, 0.6) is 0 Å². The van der Waals surface area contributed by atoms with E-state index in [4.69, 9.17) is 0 Å². The number of aliphatic carboxylic acids is 1. The molecule has 6 nitrogen and oxygen atoms in total. The van der Waals surface area contributed by atoms with Crippen LogP contribution in [0.4, 0.5) is 4.79 Å². The Kier molecular flexibility index (Phi) is 3.78. The minimum absolute atomic E-state index is 0.0707. The Balaban J connectivity index is 3.22. The molecule has 19 heavy (non-hydrogen) atoms. The van der Waals surface area contributed by atoms with Gasteiger partial charge in [0.25, 0.3) is 0 Å². The highest BCUT2D eigenvalue weighted by Gasteiger charge is 2.59. The fraction of sp³-hybridized carbons (Fsp3) is 0.769. The lowest BCUT2D eigenvalue weighted by Gasteiger charge is -2.48. The van der Waals surface area contributed by atoms with E-state index in [0.29, 0.717) is 0 Å². The highest BCUT2D eigenvalue weighted by Crippen LogP contribution is 2.39. The lowest BCUT2D eigenvalue weighted by Crippen LogP contribution is -2.70. The van der Waals surface area contributed by atoms with E-state index < -0.39 is 33.3 Å². The predicted octanol–water partition coefficient (Wildman–Crippen LogP) is 1.73. The van der Waals surface area contributed by atoms with Crippen molar-refractivity contribution >= 4 is 17.8 Å². The summed E-state index contributed by atoms with van der Waals surface area (Å²) in [5.74, 6) is -1.62. The topological polar surface area (TPSA) is 91.7 Å². The van der Waals surface area contributed by atoms with Crippen LogP contribution in [0.1, 0.15) is 40.5 Å². The molecular weight excluding hydrogens is 250 g/mol. The molecule has 1 aliphatic heterocycles. The predicted molar refractivity (Wildman–Crippen MR) is 67.8 cm³/mol. The zero-order valence-electron chi connectivity index (χ0n) is 11.9. The summed E-state index contributed by atoms with van der Waals surface area (Å²) in [7, 11) is 0. The Bertz CT molecular complexity index is 425. The first-order valence-corrected chi connectivity index (χ1v) is 6.41. The number of likely N-dealkylation sites (tertiary alicyclic amines) is 1. The molecule has 0 spiro atoms. The molecule has 0 radical (unpaired) electrons. The van der Waals surface area contributed by atoms with Gasteiger partial charge < -0.3 is 10.2 Å². The number of hydrogen-bond acceptors (Lipinski definition) is 3. The molecule has 108 valence electrons. The fourth-order valence-corrected chi connectivity index (χ4v) is 2.77. The molecule has 2 N–H and O–H groups in total. The van der Waals surface area contributed by atoms with Crippen LogP contribution in [0.25, 0.3) is 0 Å². The van der Waals surface area contributed by atoms with E-state index in [2.05, 4.69) is 0 Å². The molecule has 0 aliphatic carbocycles. The maximum atomic E-state index is 12.3. The number of carboxylic acid groups (broad SMARTS) is 2. The molecular formula is C13H22NO5+. The maximum absolute atomic E-state index is 12.3. The Labute approximate surface area is 112 Å². The average Bonchev–Trinajstić information content (AvgIpc) is 2.26. The Morgan fingerprint density at radius 1 is 1.32 bits per heavy atom. The summed E-state index contributed by atoms with van der Waals surface area (Å²) < 4.78 is -0.402. The lowest BCUT2D eigenvalue weighted by atomic mass is 9.73. The monoisotopic (exact) mass is 272 g/mol. The number of quaternary nitrogens is 1. The van der Waals surface area contributed by atoms with Crippen molar-refractivity contribution in [2.75, 3.05) is 13.1 Å². The van der Waals surface area contributed by atoms with Crippen LogP contribution < -0.4 is 0 Å². The van der Waals surface area contributed by atoms with Gasteiger partial charge in [-0.2, -0.15) is 4.79 Å².